The molecule has 6 heteroatoms. The molecule has 1 amide bonds. The van der Waals surface area contributed by atoms with Gasteiger partial charge in [-0.3, -0.25) is 9.48 Å². The summed E-state index contributed by atoms with van der Waals surface area (Å²) in [7, 11) is 0. The zero-order valence-corrected chi connectivity index (χ0v) is 17.5. The van der Waals surface area contributed by atoms with Gasteiger partial charge in [-0.25, -0.2) is 0 Å². The van der Waals surface area contributed by atoms with Gasteiger partial charge in [0, 0.05) is 54.7 Å². The Morgan fingerprint density at radius 1 is 1.11 bits per heavy atom. The van der Waals surface area contributed by atoms with Crippen molar-refractivity contribution in [2.45, 2.75) is 40.7 Å². The molecule has 1 aliphatic heterocycles. The number of hydrogen-bond donors (Lipinski definition) is 0. The van der Waals surface area contributed by atoms with Crippen LogP contribution in [-0.2, 0) is 17.8 Å². The Balaban J connectivity index is 1.60. The molecule has 0 radical (unpaired) electrons. The molecule has 0 saturated carbocycles. The fourth-order valence-electron chi connectivity index (χ4n) is 3.64. The van der Waals surface area contributed by atoms with Crippen molar-refractivity contribution in [3.05, 3.63) is 46.2 Å². The molecule has 3 rings (SSSR count). The molecule has 0 aliphatic carbocycles. The van der Waals surface area contributed by atoms with E-state index in [2.05, 4.69) is 30.8 Å². The number of carbonyl (C=O) groups excluding carboxylic acids is 1. The molecule has 1 aromatic carbocycles. The number of anilines is 1. The highest BCUT2D eigenvalue weighted by atomic mass is 35.5. The summed E-state index contributed by atoms with van der Waals surface area (Å²) >= 11 is 5.97. The first-order chi connectivity index (χ1) is 12.8. The Hall–Kier alpha value is -2.01. The van der Waals surface area contributed by atoms with Crippen molar-refractivity contribution in [1.29, 1.82) is 0 Å². The van der Waals surface area contributed by atoms with Crippen molar-refractivity contribution < 1.29 is 4.79 Å². The quantitative estimate of drug-likeness (QED) is 0.784. The Bertz CT molecular complexity index is 789. The summed E-state index contributed by atoms with van der Waals surface area (Å²) in [5.74, 6) is 0.730. The average molecular weight is 389 g/mol. The van der Waals surface area contributed by atoms with Gasteiger partial charge in [0.05, 0.1) is 12.1 Å². The largest absolute Gasteiger partial charge is 0.368 e. The number of aromatic nitrogens is 2. The molecule has 0 spiro atoms. The Morgan fingerprint density at radius 2 is 1.74 bits per heavy atom. The van der Waals surface area contributed by atoms with E-state index in [-0.39, 0.29) is 5.91 Å². The van der Waals surface area contributed by atoms with Gasteiger partial charge in [0.25, 0.3) is 0 Å². The van der Waals surface area contributed by atoms with Gasteiger partial charge >= 0.3 is 0 Å². The first kappa shape index (κ1) is 19.7. The fraction of sp³-hybridized carbons (Fsp3) is 0.524. The molecule has 2 heterocycles. The van der Waals surface area contributed by atoms with E-state index < -0.39 is 0 Å². The summed E-state index contributed by atoms with van der Waals surface area (Å²) in [5, 5.41) is 5.38. The predicted octanol–water partition coefficient (Wildman–Crippen LogP) is 3.70. The maximum Gasteiger partial charge on any atom is 0.227 e. The van der Waals surface area contributed by atoms with Crippen molar-refractivity contribution in [3.8, 4) is 0 Å². The molecule has 1 fully saturated rings. The standard InChI is InChI=1S/C21H29ClN4O/c1-15(2)14-26-17(4)20(16(3)23-26)13-21(27)25-11-9-24(10-12-25)19-7-5-18(22)6-8-19/h5-8,15H,9-14H2,1-4H3. The molecule has 27 heavy (non-hydrogen) atoms. The minimum Gasteiger partial charge on any atom is -0.368 e. The SMILES string of the molecule is Cc1nn(CC(C)C)c(C)c1CC(=O)N1CCN(c2ccc(Cl)cc2)CC1. The molecular formula is C21H29ClN4O. The molecule has 0 bridgehead atoms. The summed E-state index contributed by atoms with van der Waals surface area (Å²) in [5.41, 5.74) is 4.34. The summed E-state index contributed by atoms with van der Waals surface area (Å²) < 4.78 is 2.04. The highest BCUT2D eigenvalue weighted by Crippen LogP contribution is 2.21. The van der Waals surface area contributed by atoms with Crippen LogP contribution in [0.15, 0.2) is 24.3 Å². The van der Waals surface area contributed by atoms with Crippen LogP contribution in [0.1, 0.15) is 30.8 Å². The van der Waals surface area contributed by atoms with Crippen LogP contribution in [0.5, 0.6) is 0 Å². The van der Waals surface area contributed by atoms with E-state index in [1.54, 1.807) is 0 Å². The second-order valence-electron chi connectivity index (χ2n) is 7.75. The number of aryl methyl sites for hydroxylation is 1. The van der Waals surface area contributed by atoms with E-state index in [0.717, 1.165) is 60.4 Å². The molecule has 0 atom stereocenters. The van der Waals surface area contributed by atoms with Crippen LogP contribution in [0, 0.1) is 19.8 Å². The minimum atomic E-state index is 0.195. The van der Waals surface area contributed by atoms with Gasteiger partial charge in [-0.1, -0.05) is 25.4 Å². The van der Waals surface area contributed by atoms with Gasteiger partial charge in [-0.05, 0) is 44.0 Å². The molecular weight excluding hydrogens is 360 g/mol. The zero-order valence-electron chi connectivity index (χ0n) is 16.7. The van der Waals surface area contributed by atoms with Crippen LogP contribution in [-0.4, -0.2) is 46.8 Å². The van der Waals surface area contributed by atoms with E-state index in [0.29, 0.717) is 12.3 Å². The van der Waals surface area contributed by atoms with Crippen LogP contribution in [0.4, 0.5) is 5.69 Å². The van der Waals surface area contributed by atoms with Crippen molar-refractivity contribution in [3.63, 3.8) is 0 Å². The van der Waals surface area contributed by atoms with Gasteiger partial charge < -0.3 is 9.80 Å². The second kappa shape index (κ2) is 8.34. The summed E-state index contributed by atoms with van der Waals surface area (Å²) in [6.07, 6.45) is 0.441. The third-order valence-electron chi connectivity index (χ3n) is 5.22. The summed E-state index contributed by atoms with van der Waals surface area (Å²) in [6.45, 7) is 12.5. The highest BCUT2D eigenvalue weighted by molar-refractivity contribution is 6.30. The Labute approximate surface area is 166 Å². The van der Waals surface area contributed by atoms with Gasteiger partial charge in [-0.15, -0.1) is 0 Å². The fourth-order valence-corrected chi connectivity index (χ4v) is 3.77. The number of hydrogen-bond acceptors (Lipinski definition) is 3. The first-order valence-electron chi connectivity index (χ1n) is 9.66. The smallest absolute Gasteiger partial charge is 0.227 e. The van der Waals surface area contributed by atoms with Gasteiger partial charge in [0.2, 0.25) is 5.91 Å². The lowest BCUT2D eigenvalue weighted by Gasteiger charge is -2.36. The van der Waals surface area contributed by atoms with E-state index in [4.69, 9.17) is 11.6 Å². The van der Waals surface area contributed by atoms with Crippen LogP contribution >= 0.6 is 11.6 Å². The van der Waals surface area contributed by atoms with Crippen LogP contribution < -0.4 is 4.90 Å². The summed E-state index contributed by atoms with van der Waals surface area (Å²) in [4.78, 5) is 17.1. The molecule has 1 saturated heterocycles. The van der Waals surface area contributed by atoms with E-state index in [1.807, 2.05) is 40.8 Å². The van der Waals surface area contributed by atoms with Gasteiger partial charge in [0.15, 0.2) is 0 Å². The van der Waals surface area contributed by atoms with Crippen LogP contribution in [0.2, 0.25) is 5.02 Å². The number of rotatable bonds is 5. The number of carbonyl (C=O) groups is 1. The third-order valence-corrected chi connectivity index (χ3v) is 5.47. The number of nitrogens with zero attached hydrogens (tertiary/aromatic N) is 4. The van der Waals surface area contributed by atoms with Crippen molar-refractivity contribution in [1.82, 2.24) is 14.7 Å². The normalized spacial score (nSPS) is 14.9. The van der Waals surface area contributed by atoms with E-state index in [1.165, 1.54) is 0 Å². The van der Waals surface area contributed by atoms with Gasteiger partial charge in [-0.2, -0.15) is 5.10 Å². The Morgan fingerprint density at radius 3 is 2.33 bits per heavy atom. The number of halogens is 1. The molecule has 2 aromatic rings. The lowest BCUT2D eigenvalue weighted by atomic mass is 10.1. The molecule has 0 N–H and O–H groups in total. The maximum absolute atomic E-state index is 12.8. The van der Waals surface area contributed by atoms with Gasteiger partial charge in [0.1, 0.15) is 0 Å². The summed E-state index contributed by atoms with van der Waals surface area (Å²) in [6, 6.07) is 7.90. The molecule has 0 unspecified atom stereocenters. The van der Waals surface area contributed by atoms with E-state index >= 15 is 0 Å². The van der Waals surface area contributed by atoms with Crippen molar-refractivity contribution >= 4 is 23.2 Å². The third kappa shape index (κ3) is 4.64. The number of piperazine rings is 1. The minimum absolute atomic E-state index is 0.195. The average Bonchev–Trinajstić information content (AvgIpc) is 2.89. The molecule has 5 nitrogen and oxygen atoms in total. The second-order valence-corrected chi connectivity index (χ2v) is 8.18. The Kier molecular flexibility index (Phi) is 6.10. The first-order valence-corrected chi connectivity index (χ1v) is 10.0. The monoisotopic (exact) mass is 388 g/mol. The molecule has 146 valence electrons. The number of benzene rings is 1. The lowest BCUT2D eigenvalue weighted by molar-refractivity contribution is -0.130. The molecule has 1 aliphatic rings. The highest BCUT2D eigenvalue weighted by Gasteiger charge is 2.23. The molecule has 1 aromatic heterocycles. The topological polar surface area (TPSA) is 41.4 Å². The van der Waals surface area contributed by atoms with Crippen LogP contribution in [0.25, 0.3) is 0 Å². The van der Waals surface area contributed by atoms with E-state index in [9.17, 15) is 4.79 Å². The van der Waals surface area contributed by atoms with Crippen molar-refractivity contribution in [2.75, 3.05) is 31.1 Å². The predicted molar refractivity (Wildman–Crippen MR) is 110 cm³/mol. The van der Waals surface area contributed by atoms with Crippen molar-refractivity contribution in [2.24, 2.45) is 5.92 Å². The number of amides is 1. The van der Waals surface area contributed by atoms with Crippen LogP contribution in [0.3, 0.4) is 0 Å². The lowest BCUT2D eigenvalue weighted by Crippen LogP contribution is -2.49. The maximum atomic E-state index is 12.8. The zero-order chi connectivity index (χ0) is 19.6.